The van der Waals surface area contributed by atoms with Crippen molar-refractivity contribution in [1.29, 1.82) is 0 Å². The number of ether oxygens (including phenoxy) is 2. The van der Waals surface area contributed by atoms with E-state index in [0.717, 1.165) is 15.6 Å². The monoisotopic (exact) mass is 390 g/mol. The van der Waals surface area contributed by atoms with Gasteiger partial charge in [0.1, 0.15) is 0 Å². The van der Waals surface area contributed by atoms with Crippen molar-refractivity contribution in [3.8, 4) is 11.5 Å². The summed E-state index contributed by atoms with van der Waals surface area (Å²) in [5, 5.41) is 3.98. The molecule has 0 aliphatic carbocycles. The maximum Gasteiger partial charge on any atom is 0.244 e. The summed E-state index contributed by atoms with van der Waals surface area (Å²) in [6, 6.07) is 13.0. The van der Waals surface area contributed by atoms with E-state index in [-0.39, 0.29) is 12.3 Å². The van der Waals surface area contributed by atoms with Gasteiger partial charge in [-0.05, 0) is 48.4 Å². The molecule has 126 valence electrons. The van der Waals surface area contributed by atoms with Crippen molar-refractivity contribution in [3.63, 3.8) is 0 Å². The highest BCUT2D eigenvalue weighted by molar-refractivity contribution is 9.10. The molecule has 2 aromatic carbocycles. The molecule has 1 N–H and O–H groups in total. The second kappa shape index (κ2) is 9.08. The van der Waals surface area contributed by atoms with Crippen LogP contribution in [0.1, 0.15) is 18.1 Å². The molecule has 2 rings (SSSR count). The molecule has 0 saturated carbocycles. The van der Waals surface area contributed by atoms with Crippen LogP contribution in [0.3, 0.4) is 0 Å². The van der Waals surface area contributed by atoms with Crippen LogP contribution in [0.15, 0.2) is 52.0 Å². The molecule has 0 spiro atoms. The van der Waals surface area contributed by atoms with Crippen LogP contribution < -0.4 is 14.9 Å². The highest BCUT2D eigenvalue weighted by Gasteiger charge is 2.05. The zero-order valence-corrected chi connectivity index (χ0v) is 15.2. The van der Waals surface area contributed by atoms with Crippen molar-refractivity contribution in [1.82, 2.24) is 5.43 Å². The first-order valence-electron chi connectivity index (χ1n) is 7.49. The Hall–Kier alpha value is -2.34. The van der Waals surface area contributed by atoms with Crippen molar-refractivity contribution < 1.29 is 14.3 Å². The summed E-state index contributed by atoms with van der Waals surface area (Å²) in [5.41, 5.74) is 4.25. The Morgan fingerprint density at radius 3 is 2.62 bits per heavy atom. The molecule has 0 aliphatic heterocycles. The van der Waals surface area contributed by atoms with Gasteiger partial charge in [-0.15, -0.1) is 0 Å². The molecule has 0 unspecified atom stereocenters. The van der Waals surface area contributed by atoms with E-state index in [1.54, 1.807) is 19.4 Å². The summed E-state index contributed by atoms with van der Waals surface area (Å²) in [5.74, 6) is 1.13. The Morgan fingerprint density at radius 1 is 1.21 bits per heavy atom. The molecule has 24 heavy (non-hydrogen) atoms. The van der Waals surface area contributed by atoms with E-state index in [2.05, 4.69) is 26.5 Å². The molecule has 0 bridgehead atoms. The summed E-state index contributed by atoms with van der Waals surface area (Å²) < 4.78 is 11.7. The Kier molecular flexibility index (Phi) is 6.81. The van der Waals surface area contributed by atoms with Crippen molar-refractivity contribution in [3.05, 3.63) is 58.1 Å². The van der Waals surface area contributed by atoms with Crippen LogP contribution in [0.25, 0.3) is 0 Å². The van der Waals surface area contributed by atoms with Gasteiger partial charge in [0.2, 0.25) is 5.91 Å². The molecule has 0 fully saturated rings. The third-order valence-electron chi connectivity index (χ3n) is 3.17. The summed E-state index contributed by atoms with van der Waals surface area (Å²) in [6.45, 7) is 2.48. The number of hydrogen-bond acceptors (Lipinski definition) is 4. The number of methoxy groups -OCH3 is 1. The highest BCUT2D eigenvalue weighted by atomic mass is 79.9. The Morgan fingerprint density at radius 2 is 1.96 bits per heavy atom. The Bertz CT molecular complexity index is 715. The van der Waals surface area contributed by atoms with Gasteiger partial charge < -0.3 is 9.47 Å². The van der Waals surface area contributed by atoms with Crippen molar-refractivity contribution in [2.75, 3.05) is 13.7 Å². The number of rotatable bonds is 7. The smallest absolute Gasteiger partial charge is 0.244 e. The minimum Gasteiger partial charge on any atom is -0.493 e. The number of amides is 1. The number of halogens is 1. The average molecular weight is 391 g/mol. The summed E-state index contributed by atoms with van der Waals surface area (Å²) in [7, 11) is 1.58. The molecule has 0 saturated heterocycles. The third kappa shape index (κ3) is 5.38. The maximum absolute atomic E-state index is 11.9. The maximum atomic E-state index is 11.9. The number of hydrazone groups is 1. The van der Waals surface area contributed by atoms with E-state index >= 15 is 0 Å². The van der Waals surface area contributed by atoms with Crippen LogP contribution >= 0.6 is 15.9 Å². The van der Waals surface area contributed by atoms with Gasteiger partial charge in [0.05, 0.1) is 26.4 Å². The van der Waals surface area contributed by atoms with E-state index in [0.29, 0.717) is 18.1 Å². The average Bonchev–Trinajstić information content (AvgIpc) is 2.58. The first kappa shape index (κ1) is 18.0. The highest BCUT2D eigenvalue weighted by Crippen LogP contribution is 2.27. The lowest BCUT2D eigenvalue weighted by molar-refractivity contribution is -0.120. The predicted octanol–water partition coefficient (Wildman–Crippen LogP) is 3.55. The van der Waals surface area contributed by atoms with Crippen LogP contribution in [0, 0.1) is 0 Å². The molecular formula is C18H19BrN2O3. The normalized spacial score (nSPS) is 10.6. The van der Waals surface area contributed by atoms with Crippen LogP contribution in [0.4, 0.5) is 0 Å². The van der Waals surface area contributed by atoms with E-state index in [1.807, 2.05) is 43.3 Å². The van der Waals surface area contributed by atoms with Gasteiger partial charge in [-0.25, -0.2) is 5.43 Å². The van der Waals surface area contributed by atoms with Crippen LogP contribution in [0.5, 0.6) is 11.5 Å². The van der Waals surface area contributed by atoms with Crippen LogP contribution in [0.2, 0.25) is 0 Å². The number of carbonyl (C=O) groups is 1. The van der Waals surface area contributed by atoms with Gasteiger partial charge in [0, 0.05) is 4.47 Å². The first-order valence-corrected chi connectivity index (χ1v) is 8.29. The van der Waals surface area contributed by atoms with Gasteiger partial charge in [0.15, 0.2) is 11.5 Å². The first-order chi connectivity index (χ1) is 11.6. The molecule has 0 heterocycles. The van der Waals surface area contributed by atoms with Gasteiger partial charge >= 0.3 is 0 Å². The second-order valence-electron chi connectivity index (χ2n) is 4.94. The van der Waals surface area contributed by atoms with Gasteiger partial charge in [-0.3, -0.25) is 4.79 Å². The molecule has 6 heteroatoms. The lowest BCUT2D eigenvalue weighted by Gasteiger charge is -2.09. The fourth-order valence-corrected chi connectivity index (χ4v) is 2.31. The quantitative estimate of drug-likeness (QED) is 0.580. The van der Waals surface area contributed by atoms with E-state index in [4.69, 9.17) is 9.47 Å². The molecule has 0 aliphatic rings. The SMILES string of the molecule is CCOc1ccc(C=NNC(=O)Cc2ccc(Br)cc2)cc1OC. The third-order valence-corrected chi connectivity index (χ3v) is 3.70. The molecule has 1 amide bonds. The number of nitrogens with zero attached hydrogens (tertiary/aromatic N) is 1. The molecule has 5 nitrogen and oxygen atoms in total. The fourth-order valence-electron chi connectivity index (χ4n) is 2.05. The standard InChI is InChI=1S/C18H19BrN2O3/c1-3-24-16-9-6-14(10-17(16)23-2)12-20-21-18(22)11-13-4-7-15(19)8-5-13/h4-10,12H,3,11H2,1-2H3,(H,21,22). The molecular weight excluding hydrogens is 372 g/mol. The number of carbonyl (C=O) groups excluding carboxylic acids is 1. The zero-order chi connectivity index (χ0) is 17.4. The molecule has 0 radical (unpaired) electrons. The summed E-state index contributed by atoms with van der Waals surface area (Å²) in [4.78, 5) is 11.9. The largest absolute Gasteiger partial charge is 0.493 e. The molecule has 0 aromatic heterocycles. The predicted molar refractivity (Wildman–Crippen MR) is 97.7 cm³/mol. The van der Waals surface area contributed by atoms with E-state index < -0.39 is 0 Å². The van der Waals surface area contributed by atoms with Gasteiger partial charge in [-0.1, -0.05) is 28.1 Å². The number of nitrogens with one attached hydrogen (secondary N) is 1. The Balaban J connectivity index is 1.93. The van der Waals surface area contributed by atoms with Crippen molar-refractivity contribution in [2.24, 2.45) is 5.10 Å². The second-order valence-corrected chi connectivity index (χ2v) is 5.86. The Labute approximate surface area is 149 Å². The lowest BCUT2D eigenvalue weighted by Crippen LogP contribution is -2.19. The zero-order valence-electron chi connectivity index (χ0n) is 13.6. The van der Waals surface area contributed by atoms with Gasteiger partial charge in [0.25, 0.3) is 0 Å². The lowest BCUT2D eigenvalue weighted by atomic mass is 10.1. The minimum atomic E-state index is -0.175. The van der Waals surface area contributed by atoms with Crippen molar-refractivity contribution >= 4 is 28.1 Å². The summed E-state index contributed by atoms with van der Waals surface area (Å²) in [6.07, 6.45) is 1.84. The number of benzene rings is 2. The molecule has 2 aromatic rings. The van der Waals surface area contributed by atoms with Gasteiger partial charge in [-0.2, -0.15) is 5.10 Å². The van der Waals surface area contributed by atoms with E-state index in [9.17, 15) is 4.79 Å². The van der Waals surface area contributed by atoms with Crippen LogP contribution in [-0.4, -0.2) is 25.8 Å². The molecule has 0 atom stereocenters. The summed E-state index contributed by atoms with van der Waals surface area (Å²) >= 11 is 3.36. The number of hydrogen-bond donors (Lipinski definition) is 1. The van der Waals surface area contributed by atoms with E-state index in [1.165, 1.54) is 0 Å². The minimum absolute atomic E-state index is 0.175. The fraction of sp³-hybridized carbons (Fsp3) is 0.222. The van der Waals surface area contributed by atoms with Crippen molar-refractivity contribution in [2.45, 2.75) is 13.3 Å². The van der Waals surface area contributed by atoms with Crippen LogP contribution in [-0.2, 0) is 11.2 Å². The topological polar surface area (TPSA) is 59.9 Å².